The highest BCUT2D eigenvalue weighted by molar-refractivity contribution is 7.47. The molecular formula is C29H50N9O11P. The Kier molecular flexibility index (Phi) is 16.9. The van der Waals surface area contributed by atoms with Crippen LogP contribution in [-0.4, -0.2) is 123 Å². The summed E-state index contributed by atoms with van der Waals surface area (Å²) >= 11 is 0. The van der Waals surface area contributed by atoms with Crippen LogP contribution in [0.4, 0.5) is 0 Å². The van der Waals surface area contributed by atoms with Gasteiger partial charge in [0.1, 0.15) is 30.2 Å². The van der Waals surface area contributed by atoms with E-state index in [0.29, 0.717) is 25.1 Å². The van der Waals surface area contributed by atoms with E-state index in [1.165, 1.54) is 31.3 Å². The number of aliphatic hydroxyl groups excluding tert-OH is 1. The van der Waals surface area contributed by atoms with Crippen molar-refractivity contribution in [2.75, 3.05) is 26.3 Å². The fourth-order valence-corrected chi connectivity index (χ4v) is 6.15. The van der Waals surface area contributed by atoms with Gasteiger partial charge in [0.2, 0.25) is 35.4 Å². The Morgan fingerprint density at radius 3 is 2.26 bits per heavy atom. The molecule has 20 nitrogen and oxygen atoms in total. The standard InChI is InChI=1S/C29H50N9O11P/c1-16(2)11-20(35-29(45)23-7-5-9-38(23)18(4)40)26(42)34-21(12-19-13-32-15-33-19)27(43)36-22(14-39)28(44)37-24(25(31)41)17(3)49-50(46,47)48-10-6-8-30/h13,15-17,20-24,39H,5-12,14,30H2,1-4H3,(H2,31,41)(H,32,33)(H,34,42)(H,35,45)(H,36,43)(H,37,44)(H,46,47)/t17-,20?,21+,22?,23+,24+/m1/s1. The number of likely N-dealkylation sites (tertiary alicyclic amines) is 1. The quantitative estimate of drug-likeness (QED) is 0.0460. The van der Waals surface area contributed by atoms with Crippen LogP contribution >= 0.6 is 7.82 Å². The topological polar surface area (TPSA) is 310 Å². The highest BCUT2D eigenvalue weighted by Crippen LogP contribution is 2.45. The minimum absolute atomic E-state index is 0.0669. The van der Waals surface area contributed by atoms with Crippen molar-refractivity contribution in [1.82, 2.24) is 36.1 Å². The van der Waals surface area contributed by atoms with Crippen LogP contribution in [0.15, 0.2) is 12.5 Å². The van der Waals surface area contributed by atoms with Gasteiger partial charge < -0.3 is 52.6 Å². The molecule has 0 bridgehead atoms. The van der Waals surface area contributed by atoms with Crippen LogP contribution in [0.2, 0.25) is 0 Å². The molecular weight excluding hydrogens is 681 g/mol. The number of aromatic amines is 1. The molecule has 1 aliphatic heterocycles. The molecule has 2 heterocycles. The molecule has 0 aromatic carbocycles. The Hall–Kier alpha value is -3.94. The van der Waals surface area contributed by atoms with Gasteiger partial charge in [-0.15, -0.1) is 0 Å². The number of H-pyrrole nitrogens is 1. The molecule has 7 atom stereocenters. The molecule has 3 unspecified atom stereocenters. The second-order valence-electron chi connectivity index (χ2n) is 12.3. The van der Waals surface area contributed by atoms with Crippen LogP contribution in [0.5, 0.6) is 0 Å². The monoisotopic (exact) mass is 731 g/mol. The molecule has 2 rings (SSSR count). The van der Waals surface area contributed by atoms with E-state index in [0.717, 1.165) is 0 Å². The van der Waals surface area contributed by atoms with Crippen molar-refractivity contribution in [3.05, 3.63) is 18.2 Å². The molecule has 282 valence electrons. The van der Waals surface area contributed by atoms with Crippen LogP contribution in [0.1, 0.15) is 59.1 Å². The summed E-state index contributed by atoms with van der Waals surface area (Å²) in [7, 11) is -4.69. The number of amides is 6. The zero-order valence-corrected chi connectivity index (χ0v) is 29.5. The first kappa shape index (κ1) is 42.2. The SMILES string of the molecule is CC(=O)N1CCC[C@H]1C(=O)NC(CC(C)C)C(=O)N[C@@H](Cc1cnc[nH]1)C(=O)NC(CO)C(=O)N[C@H](C(N)=O)[C@@H](C)OP(=O)(O)OCCCN. The van der Waals surface area contributed by atoms with Crippen molar-refractivity contribution in [2.24, 2.45) is 17.4 Å². The smallest absolute Gasteiger partial charge is 0.394 e. The first-order chi connectivity index (χ1) is 23.5. The summed E-state index contributed by atoms with van der Waals surface area (Å²) < 4.78 is 22.0. The van der Waals surface area contributed by atoms with Crippen molar-refractivity contribution in [1.29, 1.82) is 0 Å². The van der Waals surface area contributed by atoms with Gasteiger partial charge in [0, 0.05) is 31.8 Å². The van der Waals surface area contributed by atoms with E-state index in [9.17, 15) is 43.3 Å². The molecule has 1 saturated heterocycles. The Morgan fingerprint density at radius 1 is 1.06 bits per heavy atom. The number of primary amides is 1. The molecule has 6 amide bonds. The first-order valence-electron chi connectivity index (χ1n) is 16.2. The molecule has 1 aliphatic rings. The third-order valence-electron chi connectivity index (χ3n) is 7.70. The number of nitrogens with one attached hydrogen (secondary N) is 5. The molecule has 1 aromatic rings. The third kappa shape index (κ3) is 13.4. The highest BCUT2D eigenvalue weighted by Gasteiger charge is 2.37. The summed E-state index contributed by atoms with van der Waals surface area (Å²) in [5.74, 6) is -4.76. The van der Waals surface area contributed by atoms with Gasteiger partial charge >= 0.3 is 7.82 Å². The van der Waals surface area contributed by atoms with Gasteiger partial charge in [-0.3, -0.25) is 37.8 Å². The molecule has 11 N–H and O–H groups in total. The van der Waals surface area contributed by atoms with Crippen LogP contribution in [-0.2, 0) is 48.8 Å². The zero-order chi connectivity index (χ0) is 37.6. The van der Waals surface area contributed by atoms with Gasteiger partial charge in [0.15, 0.2) is 0 Å². The zero-order valence-electron chi connectivity index (χ0n) is 28.6. The Morgan fingerprint density at radius 2 is 1.70 bits per heavy atom. The van der Waals surface area contributed by atoms with Gasteiger partial charge in [0.05, 0.1) is 25.6 Å². The lowest BCUT2D eigenvalue weighted by Crippen LogP contribution is -2.61. The first-order valence-corrected chi connectivity index (χ1v) is 17.7. The molecule has 0 radical (unpaired) electrons. The number of nitrogens with zero attached hydrogens (tertiary/aromatic N) is 2. The van der Waals surface area contributed by atoms with E-state index in [2.05, 4.69) is 31.2 Å². The summed E-state index contributed by atoms with van der Waals surface area (Å²) in [4.78, 5) is 95.7. The van der Waals surface area contributed by atoms with E-state index >= 15 is 0 Å². The van der Waals surface area contributed by atoms with Crippen molar-refractivity contribution in [3.8, 4) is 0 Å². The molecule has 0 spiro atoms. The lowest BCUT2D eigenvalue weighted by molar-refractivity contribution is -0.139. The van der Waals surface area contributed by atoms with Crippen molar-refractivity contribution in [2.45, 2.75) is 96.1 Å². The Labute approximate surface area is 289 Å². The van der Waals surface area contributed by atoms with Crippen LogP contribution in [0, 0.1) is 5.92 Å². The van der Waals surface area contributed by atoms with Gasteiger partial charge in [-0.25, -0.2) is 9.55 Å². The number of hydrogen-bond acceptors (Lipinski definition) is 12. The number of hydrogen-bond donors (Lipinski definition) is 9. The van der Waals surface area contributed by atoms with Gasteiger partial charge in [-0.1, -0.05) is 13.8 Å². The fraction of sp³-hybridized carbons (Fsp3) is 0.690. The van der Waals surface area contributed by atoms with Gasteiger partial charge in [0.25, 0.3) is 0 Å². The maximum Gasteiger partial charge on any atom is 0.472 e. The molecule has 1 aromatic heterocycles. The maximum atomic E-state index is 13.6. The minimum atomic E-state index is -4.69. The summed E-state index contributed by atoms with van der Waals surface area (Å²) in [6, 6.07) is -6.59. The minimum Gasteiger partial charge on any atom is -0.394 e. The van der Waals surface area contributed by atoms with Crippen LogP contribution in [0.3, 0.4) is 0 Å². The van der Waals surface area contributed by atoms with Gasteiger partial charge in [-0.05, 0) is 45.1 Å². The molecule has 21 heteroatoms. The van der Waals surface area contributed by atoms with E-state index in [1.54, 1.807) is 0 Å². The number of imidazole rings is 1. The summed E-state index contributed by atoms with van der Waals surface area (Å²) in [6.45, 7) is 5.60. The van der Waals surface area contributed by atoms with E-state index in [-0.39, 0.29) is 44.2 Å². The number of carbonyl (C=O) groups excluding carboxylic acids is 6. The average Bonchev–Trinajstić information content (AvgIpc) is 3.74. The average molecular weight is 732 g/mol. The molecule has 1 fully saturated rings. The van der Waals surface area contributed by atoms with Crippen LogP contribution < -0.4 is 32.7 Å². The number of nitrogens with two attached hydrogens (primary N) is 2. The van der Waals surface area contributed by atoms with E-state index < -0.39 is 80.3 Å². The normalized spacial score (nSPS) is 18.6. The predicted molar refractivity (Wildman–Crippen MR) is 176 cm³/mol. The van der Waals surface area contributed by atoms with Crippen molar-refractivity contribution < 1.29 is 52.4 Å². The van der Waals surface area contributed by atoms with Gasteiger partial charge in [-0.2, -0.15) is 0 Å². The van der Waals surface area contributed by atoms with Crippen LogP contribution in [0.25, 0.3) is 0 Å². The summed E-state index contributed by atoms with van der Waals surface area (Å²) in [6.07, 6.45) is 2.61. The number of aromatic nitrogens is 2. The third-order valence-corrected chi connectivity index (χ3v) is 8.81. The number of aliphatic hydroxyl groups is 1. The Balaban J connectivity index is 2.21. The molecule has 50 heavy (non-hydrogen) atoms. The highest BCUT2D eigenvalue weighted by atomic mass is 31.2. The number of phosphoric ester groups is 1. The molecule has 0 aliphatic carbocycles. The summed E-state index contributed by atoms with van der Waals surface area (Å²) in [5, 5.41) is 19.8. The molecule has 0 saturated carbocycles. The fourth-order valence-electron chi connectivity index (χ4n) is 5.19. The van der Waals surface area contributed by atoms with Crippen molar-refractivity contribution in [3.63, 3.8) is 0 Å². The number of rotatable bonds is 21. The Bertz CT molecular complexity index is 1360. The second kappa shape index (κ2) is 20.0. The van der Waals surface area contributed by atoms with E-state index in [1.807, 2.05) is 13.8 Å². The predicted octanol–water partition coefficient (Wildman–Crippen LogP) is -2.70. The van der Waals surface area contributed by atoms with E-state index in [4.69, 9.17) is 20.5 Å². The van der Waals surface area contributed by atoms with Crippen molar-refractivity contribution >= 4 is 43.3 Å². The number of phosphoric acid groups is 1. The lowest BCUT2D eigenvalue weighted by atomic mass is 10.0. The maximum absolute atomic E-state index is 13.6. The summed E-state index contributed by atoms with van der Waals surface area (Å²) in [5.41, 5.74) is 11.1. The second-order valence-corrected chi connectivity index (χ2v) is 13.7. The number of carbonyl (C=O) groups is 6. The lowest BCUT2D eigenvalue weighted by Gasteiger charge is -2.28. The largest absolute Gasteiger partial charge is 0.472 e.